The Bertz CT molecular complexity index is 710. The molecule has 5 heteroatoms. The highest BCUT2D eigenvalue weighted by Crippen LogP contribution is 2.26. The minimum absolute atomic E-state index is 0.283. The molecule has 22 heavy (non-hydrogen) atoms. The Morgan fingerprint density at radius 3 is 2.32 bits per heavy atom. The molecule has 0 atom stereocenters. The molecule has 1 N–H and O–H groups in total. The number of hydrogen-bond acceptors (Lipinski definition) is 3. The summed E-state index contributed by atoms with van der Waals surface area (Å²) >= 11 is 0. The largest absolute Gasteiger partial charge is 0.479 e. The average Bonchev–Trinajstić information content (AvgIpc) is 2.99. The Balaban J connectivity index is 2.04. The second kappa shape index (κ2) is 6.13. The van der Waals surface area contributed by atoms with Crippen molar-refractivity contribution >= 4 is 5.97 Å². The lowest BCUT2D eigenvalue weighted by molar-refractivity contribution is -0.139. The van der Waals surface area contributed by atoms with Crippen LogP contribution in [0.3, 0.4) is 0 Å². The van der Waals surface area contributed by atoms with E-state index in [0.717, 1.165) is 16.9 Å². The molecule has 0 aliphatic rings. The number of benzene rings is 2. The third kappa shape index (κ3) is 2.98. The highest BCUT2D eigenvalue weighted by molar-refractivity contribution is 5.68. The predicted octanol–water partition coefficient (Wildman–Crippen LogP) is 3.00. The zero-order valence-corrected chi connectivity index (χ0v) is 11.7. The first-order chi connectivity index (χ1) is 10.7. The van der Waals surface area contributed by atoms with Crippen molar-refractivity contribution < 1.29 is 14.6 Å². The molecule has 0 aliphatic carbocycles. The average molecular weight is 294 g/mol. The van der Waals surface area contributed by atoms with E-state index in [4.69, 9.17) is 9.84 Å². The highest BCUT2D eigenvalue weighted by Gasteiger charge is 2.13. The van der Waals surface area contributed by atoms with E-state index in [9.17, 15) is 4.79 Å². The van der Waals surface area contributed by atoms with Gasteiger partial charge in [0.2, 0.25) is 5.88 Å². The van der Waals surface area contributed by atoms with Crippen LogP contribution < -0.4 is 4.74 Å². The summed E-state index contributed by atoms with van der Waals surface area (Å²) in [6.07, 6.45) is 0. The first-order valence-corrected chi connectivity index (χ1v) is 6.79. The molecule has 0 amide bonds. The van der Waals surface area contributed by atoms with Gasteiger partial charge in [-0.05, 0) is 12.1 Å². The van der Waals surface area contributed by atoms with Crippen LogP contribution in [0.1, 0.15) is 0 Å². The summed E-state index contributed by atoms with van der Waals surface area (Å²) in [7, 11) is 0. The van der Waals surface area contributed by atoms with E-state index >= 15 is 0 Å². The lowest BCUT2D eigenvalue weighted by Crippen LogP contribution is -2.09. The maximum Gasteiger partial charge on any atom is 0.341 e. The molecule has 0 bridgehead atoms. The van der Waals surface area contributed by atoms with Crippen LogP contribution in [-0.4, -0.2) is 27.5 Å². The fourth-order valence-corrected chi connectivity index (χ4v) is 2.15. The number of rotatable bonds is 5. The minimum atomic E-state index is -1.03. The van der Waals surface area contributed by atoms with Crippen molar-refractivity contribution in [1.29, 1.82) is 0 Å². The van der Waals surface area contributed by atoms with Gasteiger partial charge in [0.15, 0.2) is 6.61 Å². The van der Waals surface area contributed by atoms with Crippen LogP contribution in [0.4, 0.5) is 0 Å². The van der Waals surface area contributed by atoms with Gasteiger partial charge in [0.25, 0.3) is 0 Å². The fraction of sp³-hybridized carbons (Fsp3) is 0.0588. The van der Waals surface area contributed by atoms with Crippen LogP contribution in [0.2, 0.25) is 0 Å². The van der Waals surface area contributed by atoms with Crippen LogP contribution in [0.5, 0.6) is 5.88 Å². The van der Waals surface area contributed by atoms with Crippen molar-refractivity contribution in [3.63, 3.8) is 0 Å². The Labute approximate surface area is 127 Å². The molecule has 0 aliphatic heterocycles. The molecule has 3 aromatic rings. The quantitative estimate of drug-likeness (QED) is 0.785. The Morgan fingerprint density at radius 1 is 1.05 bits per heavy atom. The van der Waals surface area contributed by atoms with E-state index in [0.29, 0.717) is 0 Å². The van der Waals surface area contributed by atoms with E-state index < -0.39 is 12.6 Å². The van der Waals surface area contributed by atoms with Crippen molar-refractivity contribution in [3.8, 4) is 22.8 Å². The van der Waals surface area contributed by atoms with Crippen LogP contribution in [0.15, 0.2) is 66.7 Å². The molecule has 0 radical (unpaired) electrons. The third-order valence-electron chi connectivity index (χ3n) is 3.10. The van der Waals surface area contributed by atoms with Gasteiger partial charge in [-0.1, -0.05) is 48.5 Å². The Morgan fingerprint density at radius 2 is 1.68 bits per heavy atom. The summed E-state index contributed by atoms with van der Waals surface area (Å²) in [5.74, 6) is -0.749. The molecule has 2 aromatic carbocycles. The Hall–Kier alpha value is -3.08. The maximum atomic E-state index is 10.6. The third-order valence-corrected chi connectivity index (χ3v) is 3.10. The standard InChI is InChI=1S/C17H14N2O3/c20-17(21)12-22-16-11-15(13-7-3-1-4-8-13)19(18-16)14-9-5-2-6-10-14/h1-11H,12H2,(H,20,21). The molecule has 1 heterocycles. The van der Waals surface area contributed by atoms with Crippen molar-refractivity contribution in [2.24, 2.45) is 0 Å². The SMILES string of the molecule is O=C(O)COc1cc(-c2ccccc2)n(-c2ccccc2)n1. The van der Waals surface area contributed by atoms with Gasteiger partial charge in [0.05, 0.1) is 11.4 Å². The number of aliphatic carboxylic acids is 1. The number of carboxylic acids is 1. The number of carboxylic acid groups (broad SMARTS) is 1. The summed E-state index contributed by atoms with van der Waals surface area (Å²) in [6.45, 7) is -0.417. The lowest BCUT2D eigenvalue weighted by Gasteiger charge is -2.06. The summed E-state index contributed by atoms with van der Waals surface area (Å²) in [5, 5.41) is 13.1. The molecule has 3 rings (SSSR count). The van der Waals surface area contributed by atoms with Crippen molar-refractivity contribution in [3.05, 3.63) is 66.7 Å². The molecular formula is C17H14N2O3. The molecule has 110 valence electrons. The molecule has 0 spiro atoms. The first-order valence-electron chi connectivity index (χ1n) is 6.79. The summed E-state index contributed by atoms with van der Waals surface area (Å²) in [4.78, 5) is 10.6. The molecule has 0 fully saturated rings. The van der Waals surface area contributed by atoms with Gasteiger partial charge in [-0.3, -0.25) is 0 Å². The number of nitrogens with zero attached hydrogens (tertiary/aromatic N) is 2. The van der Waals surface area contributed by atoms with E-state index in [1.165, 1.54) is 0 Å². The van der Waals surface area contributed by atoms with Crippen molar-refractivity contribution in [2.45, 2.75) is 0 Å². The lowest BCUT2D eigenvalue weighted by atomic mass is 10.1. The van der Waals surface area contributed by atoms with Crippen LogP contribution in [0.25, 0.3) is 16.9 Å². The number of carbonyl (C=O) groups is 1. The van der Waals surface area contributed by atoms with Crippen LogP contribution in [0, 0.1) is 0 Å². The second-order valence-electron chi connectivity index (χ2n) is 4.66. The zero-order valence-electron chi connectivity index (χ0n) is 11.7. The van der Waals surface area contributed by atoms with Crippen molar-refractivity contribution in [2.75, 3.05) is 6.61 Å². The summed E-state index contributed by atoms with van der Waals surface area (Å²) in [5.41, 5.74) is 2.70. The fourth-order valence-electron chi connectivity index (χ4n) is 2.15. The van der Waals surface area contributed by atoms with Crippen LogP contribution >= 0.6 is 0 Å². The van der Waals surface area contributed by atoms with E-state index in [1.807, 2.05) is 60.7 Å². The highest BCUT2D eigenvalue weighted by atomic mass is 16.5. The van der Waals surface area contributed by atoms with E-state index in [1.54, 1.807) is 10.7 Å². The molecule has 5 nitrogen and oxygen atoms in total. The predicted molar refractivity (Wildman–Crippen MR) is 82.1 cm³/mol. The maximum absolute atomic E-state index is 10.6. The van der Waals surface area contributed by atoms with E-state index in [2.05, 4.69) is 5.10 Å². The monoisotopic (exact) mass is 294 g/mol. The number of aromatic nitrogens is 2. The van der Waals surface area contributed by atoms with Gasteiger partial charge in [-0.2, -0.15) is 0 Å². The van der Waals surface area contributed by atoms with Gasteiger partial charge in [-0.25, -0.2) is 9.48 Å². The van der Waals surface area contributed by atoms with Crippen LogP contribution in [-0.2, 0) is 4.79 Å². The molecule has 0 unspecified atom stereocenters. The number of para-hydroxylation sites is 1. The van der Waals surface area contributed by atoms with Gasteiger partial charge < -0.3 is 9.84 Å². The normalized spacial score (nSPS) is 10.4. The molecular weight excluding hydrogens is 280 g/mol. The summed E-state index contributed by atoms with van der Waals surface area (Å²) in [6, 6.07) is 21.1. The van der Waals surface area contributed by atoms with Crippen molar-refractivity contribution in [1.82, 2.24) is 9.78 Å². The van der Waals surface area contributed by atoms with Gasteiger partial charge >= 0.3 is 5.97 Å². The minimum Gasteiger partial charge on any atom is -0.479 e. The first kappa shape index (κ1) is 13.9. The molecule has 1 aromatic heterocycles. The second-order valence-corrected chi connectivity index (χ2v) is 4.66. The summed E-state index contributed by atoms with van der Waals surface area (Å²) < 4.78 is 6.94. The Kier molecular flexibility index (Phi) is 3.87. The zero-order chi connectivity index (χ0) is 15.4. The number of ether oxygens (including phenoxy) is 1. The molecule has 0 saturated heterocycles. The molecule has 0 saturated carbocycles. The van der Waals surface area contributed by atoms with Gasteiger partial charge in [0.1, 0.15) is 0 Å². The smallest absolute Gasteiger partial charge is 0.341 e. The van der Waals surface area contributed by atoms with E-state index in [-0.39, 0.29) is 5.88 Å². The number of hydrogen-bond donors (Lipinski definition) is 1. The van der Waals surface area contributed by atoms with Gasteiger partial charge in [0, 0.05) is 11.6 Å². The topological polar surface area (TPSA) is 64.3 Å². The van der Waals surface area contributed by atoms with Gasteiger partial charge in [-0.15, -0.1) is 5.10 Å².